The van der Waals surface area contributed by atoms with Crippen molar-refractivity contribution in [2.75, 3.05) is 0 Å². The summed E-state index contributed by atoms with van der Waals surface area (Å²) in [6.45, 7) is 2.20. The van der Waals surface area contributed by atoms with Crippen LogP contribution in [0.2, 0.25) is 0 Å². The lowest BCUT2D eigenvalue weighted by molar-refractivity contribution is 0.795. The average Bonchev–Trinajstić information content (AvgIpc) is 2.15. The van der Waals surface area contributed by atoms with Crippen molar-refractivity contribution in [3.63, 3.8) is 0 Å². The minimum Gasteiger partial charge on any atom is -0.0709 e. The van der Waals surface area contributed by atoms with Crippen molar-refractivity contribution < 1.29 is 0 Å². The fourth-order valence-electron chi connectivity index (χ4n) is 1.18. The van der Waals surface area contributed by atoms with Gasteiger partial charge < -0.3 is 0 Å². The second-order valence-corrected chi connectivity index (χ2v) is 4.08. The second kappa shape index (κ2) is 5.36. The molecule has 0 aliphatic heterocycles. The molecule has 1 aromatic carbocycles. The summed E-state index contributed by atoms with van der Waals surface area (Å²) in [7, 11) is 0. The Labute approximate surface area is 89.9 Å². The van der Waals surface area contributed by atoms with Crippen LogP contribution in [0.4, 0.5) is 0 Å². The first-order valence-corrected chi connectivity index (χ1v) is 5.31. The van der Waals surface area contributed by atoms with Crippen LogP contribution >= 0.6 is 23.8 Å². The van der Waals surface area contributed by atoms with Crippen molar-refractivity contribution in [1.29, 1.82) is 0 Å². The molecule has 0 heterocycles. The third kappa shape index (κ3) is 3.45. The first kappa shape index (κ1) is 10.7. The van der Waals surface area contributed by atoms with Gasteiger partial charge in [0.15, 0.2) is 0 Å². The number of thiocarbonyl (C=S) groups is 1. The van der Waals surface area contributed by atoms with Gasteiger partial charge in [-0.15, -0.1) is 0 Å². The van der Waals surface area contributed by atoms with Gasteiger partial charge in [0.05, 0.1) is 0 Å². The summed E-state index contributed by atoms with van der Waals surface area (Å²) < 4.78 is 0.446. The number of aryl methyl sites for hydroxylation is 1. The van der Waals surface area contributed by atoms with Gasteiger partial charge in [-0.1, -0.05) is 61.4 Å². The molecule has 0 atom stereocenters. The molecule has 0 unspecified atom stereocenters. The van der Waals surface area contributed by atoms with Crippen LogP contribution in [-0.2, 0) is 6.42 Å². The first-order chi connectivity index (χ1) is 6.24. The summed E-state index contributed by atoms with van der Waals surface area (Å²) in [6.07, 6.45) is 3.62. The Morgan fingerprint density at radius 1 is 1.31 bits per heavy atom. The summed E-state index contributed by atoms with van der Waals surface area (Å²) in [4.78, 5) is 0. The molecule has 0 radical (unpaired) electrons. The normalized spacial score (nSPS) is 10.0. The van der Waals surface area contributed by atoms with Crippen molar-refractivity contribution in [2.24, 2.45) is 0 Å². The Morgan fingerprint density at radius 2 is 1.92 bits per heavy atom. The highest BCUT2D eigenvalue weighted by atomic mass is 35.5. The maximum absolute atomic E-state index is 5.69. The molecule has 0 spiro atoms. The Balaban J connectivity index is 2.64. The van der Waals surface area contributed by atoms with Gasteiger partial charge in [-0.25, -0.2) is 0 Å². The zero-order valence-corrected chi connectivity index (χ0v) is 9.29. The standard InChI is InChI=1S/C11H13ClS/c1-2-3-4-9-5-7-10(8-6-9)11(12)13/h5-8H,2-4H2,1H3. The molecule has 0 fully saturated rings. The zero-order valence-electron chi connectivity index (χ0n) is 7.72. The Hall–Kier alpha value is -0.400. The lowest BCUT2D eigenvalue weighted by Gasteiger charge is -2.00. The van der Waals surface area contributed by atoms with E-state index in [1.54, 1.807) is 0 Å². The number of hydrogen-bond donors (Lipinski definition) is 0. The minimum absolute atomic E-state index is 0.446. The van der Waals surface area contributed by atoms with Crippen molar-refractivity contribution in [3.8, 4) is 0 Å². The van der Waals surface area contributed by atoms with Crippen LogP contribution in [0.25, 0.3) is 0 Å². The molecule has 0 aliphatic rings. The van der Waals surface area contributed by atoms with Crippen molar-refractivity contribution in [3.05, 3.63) is 35.4 Å². The van der Waals surface area contributed by atoms with Crippen LogP contribution in [0.5, 0.6) is 0 Å². The quantitative estimate of drug-likeness (QED) is 0.538. The van der Waals surface area contributed by atoms with Crippen molar-refractivity contribution in [1.82, 2.24) is 0 Å². The van der Waals surface area contributed by atoms with E-state index in [1.165, 1.54) is 18.4 Å². The van der Waals surface area contributed by atoms with Gasteiger partial charge in [0, 0.05) is 5.56 Å². The Bertz CT molecular complexity index is 277. The molecule has 0 saturated carbocycles. The first-order valence-electron chi connectivity index (χ1n) is 4.53. The maximum Gasteiger partial charge on any atom is 0.111 e. The number of unbranched alkanes of at least 4 members (excludes halogenated alkanes) is 1. The summed E-state index contributed by atoms with van der Waals surface area (Å²) >= 11 is 10.5. The molecular formula is C11H13ClS. The van der Waals surface area contributed by atoms with Crippen LogP contribution < -0.4 is 0 Å². The lowest BCUT2D eigenvalue weighted by atomic mass is 10.1. The molecule has 1 aromatic rings. The van der Waals surface area contributed by atoms with Gasteiger partial charge in [-0.3, -0.25) is 0 Å². The van der Waals surface area contributed by atoms with E-state index in [2.05, 4.69) is 19.1 Å². The molecule has 70 valence electrons. The van der Waals surface area contributed by atoms with Gasteiger partial charge in [-0.2, -0.15) is 0 Å². The molecule has 0 N–H and O–H groups in total. The SMILES string of the molecule is CCCCc1ccc(C(=S)Cl)cc1. The highest BCUT2D eigenvalue weighted by Gasteiger charge is 1.96. The molecular weight excluding hydrogens is 200 g/mol. The van der Waals surface area contributed by atoms with Crippen molar-refractivity contribution >= 4 is 28.1 Å². The largest absolute Gasteiger partial charge is 0.111 e. The summed E-state index contributed by atoms with van der Waals surface area (Å²) in [5.74, 6) is 0. The van der Waals surface area contributed by atoms with E-state index in [9.17, 15) is 0 Å². The number of benzene rings is 1. The topological polar surface area (TPSA) is 0 Å². The van der Waals surface area contributed by atoms with E-state index in [4.69, 9.17) is 23.8 Å². The molecule has 0 amide bonds. The van der Waals surface area contributed by atoms with Gasteiger partial charge in [0.1, 0.15) is 4.32 Å². The highest BCUT2D eigenvalue weighted by molar-refractivity contribution is 7.83. The predicted octanol–water partition coefficient (Wildman–Crippen LogP) is 3.94. The average molecular weight is 213 g/mol. The molecule has 2 heteroatoms. The third-order valence-corrected chi connectivity index (χ3v) is 2.45. The van der Waals surface area contributed by atoms with Gasteiger partial charge in [-0.05, 0) is 18.4 Å². The van der Waals surface area contributed by atoms with Crippen LogP contribution in [0.3, 0.4) is 0 Å². The van der Waals surface area contributed by atoms with E-state index in [-0.39, 0.29) is 0 Å². The van der Waals surface area contributed by atoms with Gasteiger partial charge in [0.2, 0.25) is 0 Å². The monoisotopic (exact) mass is 212 g/mol. The van der Waals surface area contributed by atoms with Crippen molar-refractivity contribution in [2.45, 2.75) is 26.2 Å². The van der Waals surface area contributed by atoms with Crippen LogP contribution in [-0.4, -0.2) is 4.32 Å². The van der Waals surface area contributed by atoms with E-state index < -0.39 is 0 Å². The van der Waals surface area contributed by atoms with Crippen LogP contribution in [0.15, 0.2) is 24.3 Å². The third-order valence-electron chi connectivity index (χ3n) is 2.00. The fraction of sp³-hybridized carbons (Fsp3) is 0.364. The predicted molar refractivity (Wildman–Crippen MR) is 62.6 cm³/mol. The van der Waals surface area contributed by atoms with Crippen LogP contribution in [0, 0.1) is 0 Å². The molecule has 1 rings (SSSR count). The smallest absolute Gasteiger partial charge is 0.0709 e. The van der Waals surface area contributed by atoms with E-state index in [0.717, 1.165) is 12.0 Å². The summed E-state index contributed by atoms with van der Waals surface area (Å²) in [5.41, 5.74) is 2.30. The van der Waals surface area contributed by atoms with Crippen LogP contribution in [0.1, 0.15) is 30.9 Å². The van der Waals surface area contributed by atoms with E-state index >= 15 is 0 Å². The van der Waals surface area contributed by atoms with E-state index in [0.29, 0.717) is 4.32 Å². The highest BCUT2D eigenvalue weighted by Crippen LogP contribution is 2.10. The summed E-state index contributed by atoms with van der Waals surface area (Å²) in [5, 5.41) is 0. The Kier molecular flexibility index (Phi) is 4.40. The number of halogens is 1. The minimum atomic E-state index is 0.446. The van der Waals surface area contributed by atoms with Gasteiger partial charge in [0.25, 0.3) is 0 Å². The molecule has 0 bridgehead atoms. The molecule has 0 nitrogen and oxygen atoms in total. The van der Waals surface area contributed by atoms with Gasteiger partial charge >= 0.3 is 0 Å². The number of rotatable bonds is 4. The molecule has 13 heavy (non-hydrogen) atoms. The Morgan fingerprint density at radius 3 is 2.38 bits per heavy atom. The molecule has 0 aliphatic carbocycles. The lowest BCUT2D eigenvalue weighted by Crippen LogP contribution is -1.89. The summed E-state index contributed by atoms with van der Waals surface area (Å²) in [6, 6.07) is 8.17. The molecule has 0 saturated heterocycles. The zero-order chi connectivity index (χ0) is 9.68. The fourth-order valence-corrected chi connectivity index (χ4v) is 1.45. The molecule has 0 aromatic heterocycles. The maximum atomic E-state index is 5.69. The number of hydrogen-bond acceptors (Lipinski definition) is 1. The van der Waals surface area contributed by atoms with E-state index in [1.807, 2.05) is 12.1 Å². The second-order valence-electron chi connectivity index (χ2n) is 3.07.